The second-order valence-corrected chi connectivity index (χ2v) is 6.76. The van der Waals surface area contributed by atoms with Crippen molar-refractivity contribution in [3.05, 3.63) is 52.5 Å². The highest BCUT2D eigenvalue weighted by atomic mass is 127. The van der Waals surface area contributed by atoms with Crippen molar-refractivity contribution in [3.63, 3.8) is 0 Å². The van der Waals surface area contributed by atoms with Crippen LogP contribution in [0.1, 0.15) is 4.88 Å². The van der Waals surface area contributed by atoms with Crippen LogP contribution in [-0.2, 0) is 6.42 Å². The van der Waals surface area contributed by atoms with Gasteiger partial charge in [0.05, 0.1) is 5.69 Å². The van der Waals surface area contributed by atoms with E-state index in [4.69, 9.17) is 0 Å². The number of nitrogens with one attached hydrogen (secondary N) is 1. The lowest BCUT2D eigenvalue weighted by atomic mass is 10.2. The minimum absolute atomic E-state index is 0. The van der Waals surface area contributed by atoms with Gasteiger partial charge in [-0.25, -0.2) is 4.39 Å². The third-order valence-electron chi connectivity index (χ3n) is 4.22. The minimum atomic E-state index is -0.149. The number of rotatable bonds is 4. The zero-order chi connectivity index (χ0) is 16.8. The van der Waals surface area contributed by atoms with Crippen LogP contribution in [0.5, 0.6) is 0 Å². The van der Waals surface area contributed by atoms with Crippen molar-refractivity contribution in [1.29, 1.82) is 0 Å². The molecule has 136 valence electrons. The molecule has 0 aliphatic carbocycles. The number of hydrogen-bond acceptors (Lipinski definition) is 3. The lowest BCUT2D eigenvalue weighted by molar-refractivity contribution is 0.371. The van der Waals surface area contributed by atoms with Crippen LogP contribution in [0.2, 0.25) is 0 Å². The van der Waals surface area contributed by atoms with Gasteiger partial charge in [0.25, 0.3) is 0 Å². The standard InChI is InChI=1S/C18H23FN4S.HI/c1-20-18(21-9-8-15-5-4-14-24-15)23-12-10-22(11-13-23)17-7-3-2-6-16(17)19;/h2-7,14H,8-13H2,1H3,(H,20,21);1H. The van der Waals surface area contributed by atoms with Gasteiger partial charge >= 0.3 is 0 Å². The van der Waals surface area contributed by atoms with Gasteiger partial charge in [0.15, 0.2) is 5.96 Å². The van der Waals surface area contributed by atoms with Gasteiger partial charge in [0.2, 0.25) is 0 Å². The highest BCUT2D eigenvalue weighted by Crippen LogP contribution is 2.20. The molecule has 3 rings (SSSR count). The zero-order valence-electron chi connectivity index (χ0n) is 14.3. The van der Waals surface area contributed by atoms with Crippen LogP contribution in [0.25, 0.3) is 0 Å². The maximum Gasteiger partial charge on any atom is 0.193 e. The number of thiophene rings is 1. The van der Waals surface area contributed by atoms with Crippen LogP contribution >= 0.6 is 35.3 Å². The summed E-state index contributed by atoms with van der Waals surface area (Å²) in [5.41, 5.74) is 0.692. The molecule has 1 aliphatic heterocycles. The lowest BCUT2D eigenvalue weighted by Crippen LogP contribution is -2.53. The monoisotopic (exact) mass is 474 g/mol. The predicted octanol–water partition coefficient (Wildman–Crippen LogP) is 3.45. The second kappa shape index (κ2) is 9.96. The Morgan fingerprint density at radius 1 is 1.16 bits per heavy atom. The molecule has 2 aromatic rings. The van der Waals surface area contributed by atoms with Crippen molar-refractivity contribution in [2.24, 2.45) is 4.99 Å². The van der Waals surface area contributed by atoms with E-state index in [-0.39, 0.29) is 29.8 Å². The smallest absolute Gasteiger partial charge is 0.193 e. The van der Waals surface area contributed by atoms with E-state index < -0.39 is 0 Å². The molecule has 0 spiro atoms. The van der Waals surface area contributed by atoms with Gasteiger partial charge in [0.1, 0.15) is 5.82 Å². The Bertz CT molecular complexity index is 669. The third kappa shape index (κ3) is 5.31. The quantitative estimate of drug-likeness (QED) is 0.419. The number of aliphatic imine (C=N–C) groups is 1. The van der Waals surface area contributed by atoms with Gasteiger partial charge in [-0.05, 0) is 30.0 Å². The first-order valence-corrected chi connectivity index (χ1v) is 9.13. The zero-order valence-corrected chi connectivity index (χ0v) is 17.5. The molecule has 1 aliphatic rings. The van der Waals surface area contributed by atoms with Crippen molar-refractivity contribution in [1.82, 2.24) is 10.2 Å². The Kier molecular flexibility index (Phi) is 7.95. The van der Waals surface area contributed by atoms with Crippen LogP contribution in [-0.4, -0.2) is 50.6 Å². The van der Waals surface area contributed by atoms with Gasteiger partial charge in [-0.15, -0.1) is 35.3 Å². The molecule has 0 atom stereocenters. The van der Waals surface area contributed by atoms with E-state index >= 15 is 0 Å². The maximum atomic E-state index is 13.9. The average Bonchev–Trinajstić information content (AvgIpc) is 3.13. The molecule has 1 aromatic heterocycles. The van der Waals surface area contributed by atoms with Crippen molar-refractivity contribution in [3.8, 4) is 0 Å². The predicted molar refractivity (Wildman–Crippen MR) is 115 cm³/mol. The van der Waals surface area contributed by atoms with E-state index in [1.54, 1.807) is 17.4 Å². The van der Waals surface area contributed by atoms with Crippen molar-refractivity contribution < 1.29 is 4.39 Å². The largest absolute Gasteiger partial charge is 0.366 e. The third-order valence-corrected chi connectivity index (χ3v) is 5.15. The molecule has 2 heterocycles. The summed E-state index contributed by atoms with van der Waals surface area (Å²) < 4.78 is 13.9. The highest BCUT2D eigenvalue weighted by molar-refractivity contribution is 14.0. The molecule has 0 radical (unpaired) electrons. The Morgan fingerprint density at radius 2 is 1.92 bits per heavy atom. The van der Waals surface area contributed by atoms with E-state index in [1.165, 1.54) is 10.9 Å². The van der Waals surface area contributed by atoms with Crippen LogP contribution in [0, 0.1) is 5.82 Å². The van der Waals surface area contributed by atoms with Crippen LogP contribution in [0.15, 0.2) is 46.8 Å². The Hall–Kier alpha value is -1.35. The summed E-state index contributed by atoms with van der Waals surface area (Å²) in [6.07, 6.45) is 1.01. The molecule has 0 unspecified atom stereocenters. The van der Waals surface area contributed by atoms with Gasteiger partial charge in [-0.2, -0.15) is 0 Å². The highest BCUT2D eigenvalue weighted by Gasteiger charge is 2.21. The Morgan fingerprint density at radius 3 is 2.56 bits per heavy atom. The maximum absolute atomic E-state index is 13.9. The number of benzene rings is 1. The second-order valence-electron chi connectivity index (χ2n) is 5.73. The number of hydrogen-bond donors (Lipinski definition) is 1. The van der Waals surface area contributed by atoms with Crippen LogP contribution < -0.4 is 10.2 Å². The number of anilines is 1. The number of piperazine rings is 1. The SMILES string of the molecule is CN=C(NCCc1cccs1)N1CCN(c2ccccc2F)CC1.I. The summed E-state index contributed by atoms with van der Waals surface area (Å²) in [6, 6.07) is 11.2. The molecule has 0 amide bonds. The van der Waals surface area contributed by atoms with Crippen LogP contribution in [0.3, 0.4) is 0 Å². The van der Waals surface area contributed by atoms with Crippen LogP contribution in [0.4, 0.5) is 10.1 Å². The first-order chi connectivity index (χ1) is 11.8. The molecule has 0 saturated carbocycles. The number of para-hydroxylation sites is 1. The molecular formula is C18H24FIN4S. The molecule has 1 fully saturated rings. The Labute approximate surface area is 169 Å². The average molecular weight is 474 g/mol. The van der Waals surface area contributed by atoms with Crippen molar-refractivity contribution in [2.75, 3.05) is 44.7 Å². The molecule has 1 N–H and O–H groups in total. The first kappa shape index (κ1) is 20.0. The van der Waals surface area contributed by atoms with E-state index in [1.807, 2.05) is 19.2 Å². The summed E-state index contributed by atoms with van der Waals surface area (Å²) in [5, 5.41) is 5.54. The molecular weight excluding hydrogens is 450 g/mol. The summed E-state index contributed by atoms with van der Waals surface area (Å²) in [5.74, 6) is 0.782. The van der Waals surface area contributed by atoms with Crippen molar-refractivity contribution >= 4 is 47.0 Å². The normalized spacial score (nSPS) is 15.0. The summed E-state index contributed by atoms with van der Waals surface area (Å²) >= 11 is 1.78. The number of guanidine groups is 1. The fourth-order valence-corrected chi connectivity index (χ4v) is 3.66. The molecule has 0 bridgehead atoms. The van der Waals surface area contributed by atoms with Crippen molar-refractivity contribution in [2.45, 2.75) is 6.42 Å². The summed E-state index contributed by atoms with van der Waals surface area (Å²) in [4.78, 5) is 10.1. The minimum Gasteiger partial charge on any atom is -0.366 e. The fraction of sp³-hybridized carbons (Fsp3) is 0.389. The Balaban J connectivity index is 0.00000225. The van der Waals surface area contributed by atoms with E-state index in [0.29, 0.717) is 5.69 Å². The number of halogens is 2. The fourth-order valence-electron chi connectivity index (χ4n) is 2.95. The summed E-state index contributed by atoms with van der Waals surface area (Å²) in [7, 11) is 1.82. The van der Waals surface area contributed by atoms with Gasteiger partial charge in [-0.3, -0.25) is 4.99 Å². The van der Waals surface area contributed by atoms with E-state index in [2.05, 4.69) is 37.6 Å². The lowest BCUT2D eigenvalue weighted by Gasteiger charge is -2.37. The topological polar surface area (TPSA) is 30.9 Å². The first-order valence-electron chi connectivity index (χ1n) is 8.25. The van der Waals surface area contributed by atoms with Gasteiger partial charge in [0, 0.05) is 44.6 Å². The molecule has 25 heavy (non-hydrogen) atoms. The molecule has 1 aromatic carbocycles. The van der Waals surface area contributed by atoms with E-state index in [0.717, 1.165) is 45.1 Å². The van der Waals surface area contributed by atoms with Gasteiger partial charge in [-0.1, -0.05) is 18.2 Å². The van der Waals surface area contributed by atoms with E-state index in [9.17, 15) is 4.39 Å². The molecule has 4 nitrogen and oxygen atoms in total. The van der Waals surface area contributed by atoms with Gasteiger partial charge < -0.3 is 15.1 Å². The number of nitrogens with zero attached hydrogens (tertiary/aromatic N) is 3. The molecule has 7 heteroatoms. The summed E-state index contributed by atoms with van der Waals surface area (Å²) in [6.45, 7) is 4.15. The molecule has 1 saturated heterocycles.